The second-order valence-electron chi connectivity index (χ2n) is 5.00. The Morgan fingerprint density at radius 2 is 2.37 bits per heavy atom. The maximum atomic E-state index is 11.9. The predicted octanol–water partition coefficient (Wildman–Crippen LogP) is 1.05. The van der Waals surface area contributed by atoms with E-state index in [1.807, 2.05) is 6.92 Å². The number of amides is 1. The third-order valence-electron chi connectivity index (χ3n) is 3.22. The molecule has 0 radical (unpaired) electrons. The number of nitrogens with zero attached hydrogens (tertiary/aromatic N) is 1. The Morgan fingerprint density at radius 3 is 2.95 bits per heavy atom. The third-order valence-corrected chi connectivity index (χ3v) is 4.22. The molecule has 1 saturated carbocycles. The first-order valence-corrected chi connectivity index (χ1v) is 7.33. The number of nitrogen functional groups attached to an aromatic ring is 1. The van der Waals surface area contributed by atoms with Crippen LogP contribution in [0, 0.1) is 5.92 Å². The lowest BCUT2D eigenvalue weighted by atomic mass is 9.93. The molecule has 5 N–H and O–H groups in total. The Labute approximate surface area is 116 Å². The lowest BCUT2D eigenvalue weighted by molar-refractivity contribution is 0.0947. The van der Waals surface area contributed by atoms with Crippen LogP contribution < -0.4 is 16.4 Å². The minimum Gasteiger partial charge on any atom is -0.396 e. The van der Waals surface area contributed by atoms with E-state index >= 15 is 0 Å². The van der Waals surface area contributed by atoms with E-state index in [2.05, 4.69) is 15.6 Å². The van der Waals surface area contributed by atoms with Gasteiger partial charge in [-0.05, 0) is 25.2 Å². The number of hydrogen-bond acceptors (Lipinski definition) is 6. The molecule has 1 amide bonds. The van der Waals surface area contributed by atoms with Crippen molar-refractivity contribution in [3.63, 3.8) is 0 Å². The highest BCUT2D eigenvalue weighted by Gasteiger charge is 2.21. The zero-order chi connectivity index (χ0) is 13.8. The summed E-state index contributed by atoms with van der Waals surface area (Å²) >= 11 is 1.28. The van der Waals surface area contributed by atoms with Crippen molar-refractivity contribution in [2.24, 2.45) is 5.92 Å². The second kappa shape index (κ2) is 6.21. The molecule has 1 unspecified atom stereocenters. The summed E-state index contributed by atoms with van der Waals surface area (Å²) in [5.74, 6) is 0.0728. The predicted molar refractivity (Wildman–Crippen MR) is 76.4 cm³/mol. The molecule has 0 bridgehead atoms. The fraction of sp³-hybridized carbons (Fsp3) is 0.667. The van der Waals surface area contributed by atoms with E-state index in [0.717, 1.165) is 12.8 Å². The average molecular weight is 284 g/mol. The quantitative estimate of drug-likeness (QED) is 0.625. The molecule has 0 aliphatic heterocycles. The molecule has 0 saturated heterocycles. The molecule has 1 aliphatic rings. The monoisotopic (exact) mass is 284 g/mol. The SMILES string of the molecule is CC(CO)CNC(=O)c1sc(NC2CCC2)nc1N. The highest BCUT2D eigenvalue weighted by molar-refractivity contribution is 7.18. The topological polar surface area (TPSA) is 100 Å². The van der Waals surface area contributed by atoms with Crippen LogP contribution >= 0.6 is 11.3 Å². The minimum atomic E-state index is -0.225. The number of aliphatic hydroxyl groups is 1. The van der Waals surface area contributed by atoms with Crippen molar-refractivity contribution in [1.29, 1.82) is 0 Å². The Hall–Kier alpha value is -1.34. The van der Waals surface area contributed by atoms with E-state index in [9.17, 15) is 4.79 Å². The molecule has 1 aromatic rings. The number of nitrogens with one attached hydrogen (secondary N) is 2. The summed E-state index contributed by atoms with van der Waals surface area (Å²) in [6.45, 7) is 2.34. The molecule has 6 nitrogen and oxygen atoms in total. The highest BCUT2D eigenvalue weighted by atomic mass is 32.1. The van der Waals surface area contributed by atoms with Crippen LogP contribution in [-0.2, 0) is 0 Å². The molecule has 1 heterocycles. The summed E-state index contributed by atoms with van der Waals surface area (Å²) in [5.41, 5.74) is 5.77. The number of anilines is 2. The molecular weight excluding hydrogens is 264 g/mol. The van der Waals surface area contributed by atoms with Crippen molar-refractivity contribution >= 4 is 28.2 Å². The van der Waals surface area contributed by atoms with E-state index in [-0.39, 0.29) is 24.2 Å². The van der Waals surface area contributed by atoms with Crippen molar-refractivity contribution in [2.75, 3.05) is 24.2 Å². The van der Waals surface area contributed by atoms with Crippen LogP contribution in [0.25, 0.3) is 0 Å². The van der Waals surface area contributed by atoms with Gasteiger partial charge < -0.3 is 21.5 Å². The van der Waals surface area contributed by atoms with Crippen molar-refractivity contribution < 1.29 is 9.90 Å². The van der Waals surface area contributed by atoms with E-state index in [0.29, 0.717) is 22.6 Å². The lowest BCUT2D eigenvalue weighted by Crippen LogP contribution is -2.29. The van der Waals surface area contributed by atoms with Crippen LogP contribution in [0.2, 0.25) is 0 Å². The molecule has 0 spiro atoms. The molecule has 0 aromatic carbocycles. The van der Waals surface area contributed by atoms with Gasteiger partial charge in [-0.3, -0.25) is 4.79 Å². The third kappa shape index (κ3) is 3.57. The first-order valence-electron chi connectivity index (χ1n) is 6.52. The summed E-state index contributed by atoms with van der Waals surface area (Å²) in [4.78, 5) is 16.6. The van der Waals surface area contributed by atoms with Gasteiger partial charge in [0.05, 0.1) is 0 Å². The van der Waals surface area contributed by atoms with Crippen LogP contribution in [0.5, 0.6) is 0 Å². The molecule has 2 rings (SSSR count). The van der Waals surface area contributed by atoms with Crippen LogP contribution in [-0.4, -0.2) is 35.2 Å². The van der Waals surface area contributed by atoms with Gasteiger partial charge in [0.15, 0.2) is 5.13 Å². The van der Waals surface area contributed by atoms with Crippen molar-refractivity contribution in [2.45, 2.75) is 32.2 Å². The molecule has 1 fully saturated rings. The van der Waals surface area contributed by atoms with Gasteiger partial charge in [-0.25, -0.2) is 4.98 Å². The van der Waals surface area contributed by atoms with Crippen LogP contribution in [0.1, 0.15) is 35.9 Å². The minimum absolute atomic E-state index is 0.0330. The second-order valence-corrected chi connectivity index (χ2v) is 6.00. The molecule has 1 atom stereocenters. The van der Waals surface area contributed by atoms with E-state index in [4.69, 9.17) is 10.8 Å². The molecule has 19 heavy (non-hydrogen) atoms. The Kier molecular flexibility index (Phi) is 4.60. The number of rotatable bonds is 6. The van der Waals surface area contributed by atoms with Gasteiger partial charge >= 0.3 is 0 Å². The van der Waals surface area contributed by atoms with Gasteiger partial charge in [-0.1, -0.05) is 18.3 Å². The van der Waals surface area contributed by atoms with Crippen LogP contribution in [0.15, 0.2) is 0 Å². The zero-order valence-corrected chi connectivity index (χ0v) is 11.8. The average Bonchev–Trinajstić information content (AvgIpc) is 2.71. The number of carbonyl (C=O) groups excluding carboxylic acids is 1. The number of aliphatic hydroxyl groups excluding tert-OH is 1. The summed E-state index contributed by atoms with van der Waals surface area (Å²) in [6, 6.07) is 0.468. The van der Waals surface area contributed by atoms with Crippen molar-refractivity contribution in [3.05, 3.63) is 4.88 Å². The number of nitrogens with two attached hydrogens (primary N) is 1. The Morgan fingerprint density at radius 1 is 1.63 bits per heavy atom. The number of thiazole rings is 1. The van der Waals surface area contributed by atoms with Gasteiger partial charge in [0.25, 0.3) is 5.91 Å². The summed E-state index contributed by atoms with van der Waals surface area (Å²) in [7, 11) is 0. The maximum Gasteiger partial charge on any atom is 0.265 e. The standard InChI is InChI=1S/C12H20N4O2S/c1-7(6-17)5-14-11(18)9-10(13)16-12(19-9)15-8-3-2-4-8/h7-8,17H,2-6,13H2,1H3,(H,14,18)(H,15,16). The summed E-state index contributed by atoms with van der Waals surface area (Å²) < 4.78 is 0. The summed E-state index contributed by atoms with van der Waals surface area (Å²) in [5, 5.41) is 15.7. The first kappa shape index (κ1) is 14.1. The molecule has 7 heteroatoms. The molecule has 106 valence electrons. The van der Waals surface area contributed by atoms with Crippen LogP contribution in [0.3, 0.4) is 0 Å². The fourth-order valence-corrected chi connectivity index (χ4v) is 2.57. The van der Waals surface area contributed by atoms with E-state index < -0.39 is 0 Å². The number of hydrogen-bond donors (Lipinski definition) is 4. The van der Waals surface area contributed by atoms with E-state index in [1.54, 1.807) is 0 Å². The van der Waals surface area contributed by atoms with Gasteiger partial charge in [0.2, 0.25) is 0 Å². The fourth-order valence-electron chi connectivity index (χ4n) is 1.70. The van der Waals surface area contributed by atoms with Crippen molar-refractivity contribution in [1.82, 2.24) is 10.3 Å². The largest absolute Gasteiger partial charge is 0.396 e. The summed E-state index contributed by atoms with van der Waals surface area (Å²) in [6.07, 6.45) is 3.54. The smallest absolute Gasteiger partial charge is 0.265 e. The van der Waals surface area contributed by atoms with Gasteiger partial charge in [-0.2, -0.15) is 0 Å². The molecule has 1 aromatic heterocycles. The zero-order valence-electron chi connectivity index (χ0n) is 11.0. The lowest BCUT2D eigenvalue weighted by Gasteiger charge is -2.25. The van der Waals surface area contributed by atoms with Gasteiger partial charge in [0.1, 0.15) is 10.7 Å². The normalized spacial score (nSPS) is 16.7. The molecular formula is C12H20N4O2S. The van der Waals surface area contributed by atoms with Crippen molar-refractivity contribution in [3.8, 4) is 0 Å². The Balaban J connectivity index is 1.92. The maximum absolute atomic E-state index is 11.9. The first-order chi connectivity index (χ1) is 9.10. The highest BCUT2D eigenvalue weighted by Crippen LogP contribution is 2.29. The van der Waals surface area contributed by atoms with Gasteiger partial charge in [-0.15, -0.1) is 0 Å². The van der Waals surface area contributed by atoms with Gasteiger partial charge in [0, 0.05) is 19.2 Å². The number of aromatic nitrogens is 1. The molecule has 1 aliphatic carbocycles. The van der Waals surface area contributed by atoms with E-state index in [1.165, 1.54) is 17.8 Å². The Bertz CT molecular complexity index is 445. The van der Waals surface area contributed by atoms with Crippen LogP contribution in [0.4, 0.5) is 10.9 Å². The number of carbonyl (C=O) groups is 1.